The first-order valence-corrected chi connectivity index (χ1v) is 8.03. The van der Waals surface area contributed by atoms with E-state index in [0.29, 0.717) is 5.56 Å². The molecule has 5 nitrogen and oxygen atoms in total. The number of methoxy groups -OCH3 is 1. The topological polar surface area (TPSA) is 60.3 Å². The number of benzene rings is 1. The molecule has 0 spiro atoms. The summed E-state index contributed by atoms with van der Waals surface area (Å²) in [6, 6.07) is 9.75. The van der Waals surface area contributed by atoms with Gasteiger partial charge in [0.1, 0.15) is 0 Å². The second-order valence-corrected chi connectivity index (χ2v) is 6.10. The van der Waals surface area contributed by atoms with Crippen LogP contribution in [0.15, 0.2) is 34.8 Å². The van der Waals surface area contributed by atoms with Crippen molar-refractivity contribution < 1.29 is 14.3 Å². The minimum absolute atomic E-state index is 0.159. The number of halogens is 1. The Balaban J connectivity index is 2.20. The third-order valence-electron chi connectivity index (χ3n) is 3.58. The lowest BCUT2D eigenvalue weighted by Gasteiger charge is -2.10. The molecule has 0 aliphatic rings. The highest BCUT2D eigenvalue weighted by atomic mass is 79.9. The summed E-state index contributed by atoms with van der Waals surface area (Å²) < 4.78 is 7.56. The molecule has 6 heteroatoms. The van der Waals surface area contributed by atoms with Gasteiger partial charge in [0.05, 0.1) is 19.1 Å². The molecule has 122 valence electrons. The van der Waals surface area contributed by atoms with E-state index in [1.165, 1.54) is 7.11 Å². The van der Waals surface area contributed by atoms with Crippen LogP contribution in [0.2, 0.25) is 0 Å². The van der Waals surface area contributed by atoms with Crippen LogP contribution in [-0.2, 0) is 9.53 Å². The van der Waals surface area contributed by atoms with E-state index in [2.05, 4.69) is 26.0 Å². The normalized spacial score (nSPS) is 10.4. The maximum Gasteiger partial charge on any atom is 0.307 e. The quantitative estimate of drug-likeness (QED) is 0.812. The number of hydrogen-bond donors (Lipinski definition) is 1. The fourth-order valence-electron chi connectivity index (χ4n) is 2.48. The van der Waals surface area contributed by atoms with Crippen LogP contribution in [0.5, 0.6) is 0 Å². The molecule has 0 aliphatic heterocycles. The maximum atomic E-state index is 12.3. The van der Waals surface area contributed by atoms with Crippen LogP contribution < -0.4 is 5.32 Å². The van der Waals surface area contributed by atoms with Crippen molar-refractivity contribution in [3.8, 4) is 5.69 Å². The summed E-state index contributed by atoms with van der Waals surface area (Å²) in [6.45, 7) is 4.12. The van der Waals surface area contributed by atoms with Crippen molar-refractivity contribution in [2.24, 2.45) is 0 Å². The van der Waals surface area contributed by atoms with E-state index in [4.69, 9.17) is 0 Å². The number of carbonyl (C=O) groups is 2. The van der Waals surface area contributed by atoms with Crippen LogP contribution in [0.3, 0.4) is 0 Å². The Bertz CT molecular complexity index is 737. The number of nitrogens with zero attached hydrogens (tertiary/aromatic N) is 1. The van der Waals surface area contributed by atoms with Gasteiger partial charge in [0.2, 0.25) is 0 Å². The molecule has 0 saturated heterocycles. The second kappa shape index (κ2) is 7.46. The second-order valence-electron chi connectivity index (χ2n) is 5.18. The third kappa shape index (κ3) is 4.01. The van der Waals surface area contributed by atoms with Gasteiger partial charge in [-0.15, -0.1) is 0 Å². The molecular weight excluding hydrogens is 360 g/mol. The molecule has 1 heterocycles. The van der Waals surface area contributed by atoms with Crippen molar-refractivity contribution in [3.05, 3.63) is 51.8 Å². The lowest BCUT2D eigenvalue weighted by atomic mass is 10.2. The van der Waals surface area contributed by atoms with E-state index in [1.807, 2.05) is 48.7 Å². The molecule has 1 amide bonds. The molecule has 0 aliphatic carbocycles. The van der Waals surface area contributed by atoms with Crippen molar-refractivity contribution in [2.75, 3.05) is 13.7 Å². The predicted molar refractivity (Wildman–Crippen MR) is 91.9 cm³/mol. The fraction of sp³-hybridized carbons (Fsp3) is 0.294. The molecule has 23 heavy (non-hydrogen) atoms. The number of esters is 1. The average molecular weight is 379 g/mol. The van der Waals surface area contributed by atoms with Crippen molar-refractivity contribution >= 4 is 27.8 Å². The highest BCUT2D eigenvalue weighted by molar-refractivity contribution is 9.10. The van der Waals surface area contributed by atoms with Crippen LogP contribution in [0.4, 0.5) is 0 Å². The summed E-state index contributed by atoms with van der Waals surface area (Å²) >= 11 is 3.46. The summed E-state index contributed by atoms with van der Waals surface area (Å²) in [5.74, 6) is -0.534. The first kappa shape index (κ1) is 17.3. The number of rotatable bonds is 5. The highest BCUT2D eigenvalue weighted by Crippen LogP contribution is 2.23. The van der Waals surface area contributed by atoms with Crippen LogP contribution >= 0.6 is 15.9 Å². The zero-order valence-electron chi connectivity index (χ0n) is 13.4. The Labute approximate surface area is 143 Å². The van der Waals surface area contributed by atoms with E-state index in [1.54, 1.807) is 0 Å². The lowest BCUT2D eigenvalue weighted by molar-refractivity contribution is -0.140. The SMILES string of the molecule is COC(=O)CCNC(=O)c1cc(C)n(-c2cccc(Br)c2)c1C. The molecule has 1 aromatic carbocycles. The maximum absolute atomic E-state index is 12.3. The van der Waals surface area contributed by atoms with Crippen LogP contribution in [0.1, 0.15) is 28.2 Å². The van der Waals surface area contributed by atoms with Gasteiger partial charge in [-0.3, -0.25) is 9.59 Å². The van der Waals surface area contributed by atoms with Gasteiger partial charge in [0.25, 0.3) is 5.91 Å². The molecule has 0 fully saturated rings. The number of aromatic nitrogens is 1. The number of hydrogen-bond acceptors (Lipinski definition) is 3. The minimum atomic E-state index is -0.343. The van der Waals surface area contributed by atoms with Gasteiger partial charge in [0, 0.05) is 28.1 Å². The third-order valence-corrected chi connectivity index (χ3v) is 4.08. The van der Waals surface area contributed by atoms with Gasteiger partial charge in [-0.2, -0.15) is 0 Å². The number of carbonyl (C=O) groups excluding carboxylic acids is 2. The van der Waals surface area contributed by atoms with Crippen molar-refractivity contribution in [1.82, 2.24) is 9.88 Å². The molecule has 0 radical (unpaired) electrons. The number of nitrogens with one attached hydrogen (secondary N) is 1. The predicted octanol–water partition coefficient (Wildman–Crippen LogP) is 3.15. The van der Waals surface area contributed by atoms with Crippen molar-refractivity contribution in [1.29, 1.82) is 0 Å². The molecule has 2 aromatic rings. The summed E-state index contributed by atoms with van der Waals surface area (Å²) in [5.41, 5.74) is 3.42. The zero-order valence-corrected chi connectivity index (χ0v) is 14.9. The molecule has 0 unspecified atom stereocenters. The van der Waals surface area contributed by atoms with Gasteiger partial charge in [0.15, 0.2) is 0 Å². The molecule has 1 aromatic heterocycles. The number of amides is 1. The average Bonchev–Trinajstić information content (AvgIpc) is 2.81. The smallest absolute Gasteiger partial charge is 0.307 e. The van der Waals surface area contributed by atoms with Crippen LogP contribution in [0, 0.1) is 13.8 Å². The van der Waals surface area contributed by atoms with Gasteiger partial charge in [-0.25, -0.2) is 0 Å². The van der Waals surface area contributed by atoms with Gasteiger partial charge >= 0.3 is 5.97 Å². The zero-order chi connectivity index (χ0) is 17.0. The van der Waals surface area contributed by atoms with E-state index in [9.17, 15) is 9.59 Å². The highest BCUT2D eigenvalue weighted by Gasteiger charge is 2.16. The monoisotopic (exact) mass is 378 g/mol. The Morgan fingerprint density at radius 1 is 1.26 bits per heavy atom. The van der Waals surface area contributed by atoms with E-state index in [-0.39, 0.29) is 24.8 Å². The van der Waals surface area contributed by atoms with Crippen molar-refractivity contribution in [3.63, 3.8) is 0 Å². The lowest BCUT2D eigenvalue weighted by Crippen LogP contribution is -2.26. The Morgan fingerprint density at radius 3 is 2.65 bits per heavy atom. The number of ether oxygens (including phenoxy) is 1. The Kier molecular flexibility index (Phi) is 5.60. The fourth-order valence-corrected chi connectivity index (χ4v) is 2.87. The van der Waals surface area contributed by atoms with Gasteiger partial charge < -0.3 is 14.6 Å². The standard InChI is InChI=1S/C17H19BrN2O3/c1-11-9-15(17(22)19-8-7-16(21)23-3)12(2)20(11)14-6-4-5-13(18)10-14/h4-6,9-10H,7-8H2,1-3H3,(H,19,22). The summed E-state index contributed by atoms with van der Waals surface area (Å²) in [6.07, 6.45) is 0.159. The summed E-state index contributed by atoms with van der Waals surface area (Å²) in [7, 11) is 1.33. The molecule has 0 saturated carbocycles. The van der Waals surface area contributed by atoms with E-state index < -0.39 is 0 Å². The molecule has 1 N–H and O–H groups in total. The van der Waals surface area contributed by atoms with Gasteiger partial charge in [-0.1, -0.05) is 22.0 Å². The summed E-state index contributed by atoms with van der Waals surface area (Å²) in [5, 5.41) is 2.75. The Hall–Kier alpha value is -2.08. The molecular formula is C17H19BrN2O3. The van der Waals surface area contributed by atoms with E-state index in [0.717, 1.165) is 21.5 Å². The number of aryl methyl sites for hydroxylation is 1. The Morgan fingerprint density at radius 2 is 2.00 bits per heavy atom. The van der Waals surface area contributed by atoms with Crippen molar-refractivity contribution in [2.45, 2.75) is 20.3 Å². The van der Waals surface area contributed by atoms with Crippen LogP contribution in [-0.4, -0.2) is 30.1 Å². The molecule has 0 bridgehead atoms. The largest absolute Gasteiger partial charge is 0.469 e. The van der Waals surface area contributed by atoms with Crippen LogP contribution in [0.25, 0.3) is 5.69 Å². The molecule has 2 rings (SSSR count). The molecule has 0 atom stereocenters. The summed E-state index contributed by atoms with van der Waals surface area (Å²) in [4.78, 5) is 23.4. The van der Waals surface area contributed by atoms with E-state index >= 15 is 0 Å². The minimum Gasteiger partial charge on any atom is -0.469 e. The van der Waals surface area contributed by atoms with Gasteiger partial charge in [-0.05, 0) is 38.1 Å². The first-order chi connectivity index (χ1) is 10.9. The first-order valence-electron chi connectivity index (χ1n) is 7.24.